The molecule has 0 radical (unpaired) electrons. The highest BCUT2D eigenvalue weighted by atomic mass is 32.2. The highest BCUT2D eigenvalue weighted by molar-refractivity contribution is 8.02. The van der Waals surface area contributed by atoms with Gasteiger partial charge in [-0.1, -0.05) is 19.9 Å². The Morgan fingerprint density at radius 1 is 1.14 bits per heavy atom. The van der Waals surface area contributed by atoms with E-state index >= 15 is 0 Å². The summed E-state index contributed by atoms with van der Waals surface area (Å²) in [4.78, 5) is 17.9. The number of halogens is 5. The van der Waals surface area contributed by atoms with E-state index in [1.165, 1.54) is 12.3 Å². The molecule has 0 bridgehead atoms. The lowest BCUT2D eigenvalue weighted by atomic mass is 9.93. The van der Waals surface area contributed by atoms with Crippen LogP contribution in [-0.4, -0.2) is 59.4 Å². The molecular formula is C23H32F5N3O3S. The summed E-state index contributed by atoms with van der Waals surface area (Å²) in [6.45, 7) is 4.50. The summed E-state index contributed by atoms with van der Waals surface area (Å²) < 4.78 is 78.6. The van der Waals surface area contributed by atoms with Gasteiger partial charge >= 0.3 is 12.1 Å². The third-order valence-electron chi connectivity index (χ3n) is 7.26. The summed E-state index contributed by atoms with van der Waals surface area (Å²) in [6, 6.07) is 3.17. The van der Waals surface area contributed by atoms with E-state index in [1.807, 2.05) is 4.31 Å². The van der Waals surface area contributed by atoms with E-state index in [9.17, 15) is 36.2 Å². The number of nitrogens with one attached hydrogen (secondary N) is 1. The monoisotopic (exact) mass is 525 g/mol. The van der Waals surface area contributed by atoms with Crippen LogP contribution in [0.15, 0.2) is 18.3 Å². The van der Waals surface area contributed by atoms with E-state index in [0.29, 0.717) is 62.9 Å². The number of rotatable bonds is 9. The van der Waals surface area contributed by atoms with Gasteiger partial charge in [-0.3, -0.25) is 19.2 Å². The molecule has 1 aromatic rings. The van der Waals surface area contributed by atoms with Crippen molar-refractivity contribution in [1.82, 2.24) is 14.8 Å². The van der Waals surface area contributed by atoms with Crippen LogP contribution in [0.2, 0.25) is 0 Å². The van der Waals surface area contributed by atoms with Gasteiger partial charge in [0.25, 0.3) is 5.91 Å². The van der Waals surface area contributed by atoms with Crippen LogP contribution in [-0.2, 0) is 20.9 Å². The van der Waals surface area contributed by atoms with Gasteiger partial charge in [0.2, 0.25) is 0 Å². The predicted molar refractivity (Wildman–Crippen MR) is 123 cm³/mol. The van der Waals surface area contributed by atoms with E-state index in [2.05, 4.69) is 4.98 Å². The second-order valence-electron chi connectivity index (χ2n) is 9.20. The number of amides is 1. The fourth-order valence-corrected chi connectivity index (χ4v) is 8.77. The molecule has 2 aliphatic rings. The summed E-state index contributed by atoms with van der Waals surface area (Å²) in [5, 5.41) is 9.37. The van der Waals surface area contributed by atoms with Gasteiger partial charge < -0.3 is 0 Å². The number of aromatic nitrogens is 1. The standard InChI is InChI=1S/C23H32F5N3O3S/c1-3-21(4-2,20(32)30-33)35(34,18-6-7-18)31-13-10-17(11-14-31)19-8-5-16(15-29-19)9-12-22(24,25)23(26,27)28/h5,8,15,17,33H,3-4,6-7,9-14H2,1-2H3,(H,30,32). The Balaban J connectivity index is 1.70. The molecule has 1 atom stereocenters. The highest BCUT2D eigenvalue weighted by Gasteiger charge is 2.56. The molecule has 1 saturated carbocycles. The first kappa shape index (κ1) is 27.8. The lowest BCUT2D eigenvalue weighted by Gasteiger charge is -2.43. The Morgan fingerprint density at radius 3 is 2.17 bits per heavy atom. The molecule has 0 spiro atoms. The molecule has 0 aromatic carbocycles. The third-order valence-corrected chi connectivity index (χ3v) is 11.4. The normalized spacial score (nSPS) is 19.9. The fraction of sp³-hybridized carbons (Fsp3) is 0.696. The lowest BCUT2D eigenvalue weighted by molar-refractivity contribution is -0.284. The van der Waals surface area contributed by atoms with Crippen molar-refractivity contribution in [3.8, 4) is 0 Å². The maximum Gasteiger partial charge on any atom is 0.453 e. The van der Waals surface area contributed by atoms with E-state index in [1.54, 1.807) is 25.4 Å². The average Bonchev–Trinajstić information content (AvgIpc) is 3.69. The van der Waals surface area contributed by atoms with E-state index in [0.717, 1.165) is 4.86 Å². The van der Waals surface area contributed by atoms with Crippen LogP contribution < -0.4 is 5.48 Å². The van der Waals surface area contributed by atoms with Crippen molar-refractivity contribution in [2.75, 3.05) is 13.1 Å². The molecular weight excluding hydrogens is 493 g/mol. The van der Waals surface area contributed by atoms with Gasteiger partial charge in [0.1, 0.15) is 4.75 Å². The zero-order valence-corrected chi connectivity index (χ0v) is 20.7. The molecule has 1 aliphatic carbocycles. The number of pyridine rings is 1. The highest BCUT2D eigenvalue weighted by Crippen LogP contribution is 2.41. The molecule has 2 fully saturated rings. The van der Waals surface area contributed by atoms with Crippen molar-refractivity contribution in [3.63, 3.8) is 0 Å². The molecule has 1 unspecified atom stereocenters. The number of alkyl halides is 5. The van der Waals surface area contributed by atoms with Crippen molar-refractivity contribution >= 4 is 20.5 Å². The van der Waals surface area contributed by atoms with Gasteiger partial charge in [-0.05, 0) is 61.4 Å². The van der Waals surface area contributed by atoms with Crippen molar-refractivity contribution in [2.45, 2.75) is 88.0 Å². The van der Waals surface area contributed by atoms with E-state index in [4.69, 9.17) is 0 Å². The fourth-order valence-electron chi connectivity index (χ4n) is 4.90. The van der Waals surface area contributed by atoms with Gasteiger partial charge in [-0.25, -0.2) is 9.79 Å². The van der Waals surface area contributed by atoms with Crippen molar-refractivity contribution in [1.29, 1.82) is 0 Å². The largest absolute Gasteiger partial charge is 0.453 e. The molecule has 1 aromatic heterocycles. The second-order valence-corrected chi connectivity index (χ2v) is 12.1. The Labute approximate surface area is 202 Å². The molecule has 3 rings (SSSR count). The van der Waals surface area contributed by atoms with E-state index < -0.39 is 45.3 Å². The number of piperidine rings is 1. The zero-order chi connectivity index (χ0) is 26.1. The Bertz CT molecular complexity index is 1020. The molecule has 198 valence electrons. The first-order valence-corrected chi connectivity index (χ1v) is 13.3. The van der Waals surface area contributed by atoms with Crippen LogP contribution in [0, 0.1) is 0 Å². The molecule has 35 heavy (non-hydrogen) atoms. The van der Waals surface area contributed by atoms with Gasteiger partial charge in [0, 0.05) is 47.0 Å². The van der Waals surface area contributed by atoms with Crippen LogP contribution in [0.1, 0.15) is 76.0 Å². The topological polar surface area (TPSA) is 82.5 Å². The number of carbonyl (C=O) groups excluding carboxylic acids is 1. The maximum atomic E-state index is 14.5. The number of carbonyl (C=O) groups is 1. The minimum atomic E-state index is -5.57. The third kappa shape index (κ3) is 5.20. The molecule has 1 aliphatic heterocycles. The van der Waals surface area contributed by atoms with Crippen LogP contribution >= 0.6 is 0 Å². The number of nitrogens with zero attached hydrogens (tertiary/aromatic N) is 2. The minimum absolute atomic E-state index is 0.00842. The van der Waals surface area contributed by atoms with Gasteiger partial charge in [-0.15, -0.1) is 0 Å². The first-order valence-electron chi connectivity index (χ1n) is 11.8. The lowest BCUT2D eigenvalue weighted by Crippen LogP contribution is -2.58. The number of hydrogen-bond acceptors (Lipinski definition) is 4. The van der Waals surface area contributed by atoms with Crippen LogP contribution in [0.25, 0.3) is 0 Å². The maximum absolute atomic E-state index is 14.5. The summed E-state index contributed by atoms with van der Waals surface area (Å²) >= 11 is 0. The molecule has 2 heterocycles. The molecule has 1 saturated heterocycles. The van der Waals surface area contributed by atoms with Gasteiger partial charge in [0.05, 0.1) is 0 Å². The van der Waals surface area contributed by atoms with Crippen LogP contribution in [0.4, 0.5) is 22.0 Å². The zero-order valence-electron chi connectivity index (χ0n) is 19.8. The van der Waals surface area contributed by atoms with Crippen molar-refractivity contribution in [2.24, 2.45) is 0 Å². The van der Waals surface area contributed by atoms with Gasteiger partial charge in [-0.2, -0.15) is 22.0 Å². The number of hydroxylamine groups is 1. The van der Waals surface area contributed by atoms with E-state index in [-0.39, 0.29) is 5.92 Å². The number of aryl methyl sites for hydroxylation is 1. The SMILES string of the molecule is CCC(CC)(C(=O)NO)S(=O)(=C1CC1)N1CCC(c2ccc(CCC(F)(F)C(F)(F)F)cn2)CC1. The molecule has 2 N–H and O–H groups in total. The molecule has 12 heteroatoms. The van der Waals surface area contributed by atoms with Gasteiger partial charge in [0.15, 0.2) is 0 Å². The Kier molecular flexibility index (Phi) is 8.17. The summed E-state index contributed by atoms with van der Waals surface area (Å²) in [5.41, 5.74) is 2.73. The Hall–Kier alpha value is -1.79. The quantitative estimate of drug-likeness (QED) is 0.213. The summed E-state index contributed by atoms with van der Waals surface area (Å²) in [6.07, 6.45) is -2.80. The van der Waals surface area contributed by atoms with Crippen LogP contribution in [0.5, 0.6) is 0 Å². The predicted octanol–water partition coefficient (Wildman–Crippen LogP) is 4.62. The average molecular weight is 526 g/mol. The first-order chi connectivity index (χ1) is 16.4. The minimum Gasteiger partial charge on any atom is -0.289 e. The summed E-state index contributed by atoms with van der Waals surface area (Å²) in [7, 11) is -2.86. The van der Waals surface area contributed by atoms with Crippen LogP contribution in [0.3, 0.4) is 0 Å². The smallest absolute Gasteiger partial charge is 0.289 e. The molecule has 1 amide bonds. The molecule has 6 nitrogen and oxygen atoms in total. The number of hydrogen-bond donors (Lipinski definition) is 2. The second kappa shape index (κ2) is 10.3. The summed E-state index contributed by atoms with van der Waals surface area (Å²) in [5.74, 6) is -5.37. The van der Waals surface area contributed by atoms with Crippen molar-refractivity contribution < 1.29 is 36.2 Å². The van der Waals surface area contributed by atoms with Crippen molar-refractivity contribution in [3.05, 3.63) is 29.6 Å². The Morgan fingerprint density at radius 2 is 1.74 bits per heavy atom.